The van der Waals surface area contributed by atoms with Crippen LogP contribution in [0.25, 0.3) is 0 Å². The van der Waals surface area contributed by atoms with Gasteiger partial charge in [-0.15, -0.1) is 22.9 Å². The molecule has 1 atom stereocenters. The number of thiophene rings is 1. The van der Waals surface area contributed by atoms with Crippen molar-refractivity contribution in [1.29, 1.82) is 5.26 Å². The number of hydrogen-bond acceptors (Lipinski definition) is 3. The molecule has 0 aliphatic rings. The summed E-state index contributed by atoms with van der Waals surface area (Å²) in [5, 5.41) is 13.0. The Bertz CT molecular complexity index is 589. The number of alkyl halides is 1. The van der Waals surface area contributed by atoms with Crippen molar-refractivity contribution in [3.8, 4) is 6.07 Å². The number of nitrogens with zero attached hydrogens (tertiary/aromatic N) is 1. The topological polar surface area (TPSA) is 52.9 Å². The highest BCUT2D eigenvalue weighted by molar-refractivity contribution is 7.14. The first-order valence-corrected chi connectivity index (χ1v) is 6.51. The maximum absolute atomic E-state index is 11.9. The molecule has 0 radical (unpaired) electrons. The van der Waals surface area contributed by atoms with Crippen molar-refractivity contribution in [3.63, 3.8) is 0 Å². The van der Waals surface area contributed by atoms with Gasteiger partial charge < -0.3 is 5.32 Å². The molecule has 0 aliphatic carbocycles. The van der Waals surface area contributed by atoms with E-state index >= 15 is 0 Å². The van der Waals surface area contributed by atoms with Gasteiger partial charge in [-0.3, -0.25) is 4.79 Å². The summed E-state index contributed by atoms with van der Waals surface area (Å²) in [7, 11) is 0. The number of amides is 1. The van der Waals surface area contributed by atoms with Gasteiger partial charge in [0.25, 0.3) is 0 Å². The van der Waals surface area contributed by atoms with Gasteiger partial charge in [0.05, 0.1) is 5.56 Å². The molecule has 90 valence electrons. The van der Waals surface area contributed by atoms with Gasteiger partial charge in [0.15, 0.2) is 0 Å². The number of carbonyl (C=O) groups excluding carboxylic acids is 1. The molecule has 0 saturated carbocycles. The highest BCUT2D eigenvalue weighted by Gasteiger charge is 2.18. The number of benzene rings is 1. The summed E-state index contributed by atoms with van der Waals surface area (Å²) in [5.74, 6) is -0.332. The first-order valence-electron chi connectivity index (χ1n) is 5.20. The highest BCUT2D eigenvalue weighted by Crippen LogP contribution is 2.26. The first kappa shape index (κ1) is 12.6. The van der Waals surface area contributed by atoms with E-state index in [9.17, 15) is 4.79 Å². The molecule has 5 heteroatoms. The average Bonchev–Trinajstić information content (AvgIpc) is 2.86. The monoisotopic (exact) mass is 276 g/mol. The summed E-state index contributed by atoms with van der Waals surface area (Å²) < 4.78 is 0. The summed E-state index contributed by atoms with van der Waals surface area (Å²) in [6.45, 7) is 0. The van der Waals surface area contributed by atoms with Crippen molar-refractivity contribution in [3.05, 3.63) is 52.9 Å². The molecule has 1 N–H and O–H groups in total. The quantitative estimate of drug-likeness (QED) is 0.872. The second-order valence-electron chi connectivity index (χ2n) is 3.54. The highest BCUT2D eigenvalue weighted by atomic mass is 35.5. The molecule has 0 aliphatic heterocycles. The Morgan fingerprint density at radius 2 is 2.06 bits per heavy atom. The molecule has 2 rings (SSSR count). The van der Waals surface area contributed by atoms with Gasteiger partial charge in [-0.05, 0) is 17.0 Å². The predicted octanol–water partition coefficient (Wildman–Crippen LogP) is 3.54. The Morgan fingerprint density at radius 1 is 1.33 bits per heavy atom. The molecule has 1 unspecified atom stereocenters. The van der Waals surface area contributed by atoms with Crippen LogP contribution in [-0.4, -0.2) is 5.91 Å². The van der Waals surface area contributed by atoms with Crippen LogP contribution in [0.1, 0.15) is 16.5 Å². The second-order valence-corrected chi connectivity index (χ2v) is 4.89. The lowest BCUT2D eigenvalue weighted by atomic mass is 10.1. The van der Waals surface area contributed by atoms with Crippen molar-refractivity contribution in [1.82, 2.24) is 0 Å². The molecule has 0 bridgehead atoms. The van der Waals surface area contributed by atoms with E-state index in [0.29, 0.717) is 10.6 Å². The third-order valence-corrected chi connectivity index (χ3v) is 3.62. The standard InChI is InChI=1S/C13H9ClN2OS/c14-11(9-4-2-1-3-5-9)12(17)16-13-10(8-15)6-7-18-13/h1-7,11H,(H,16,17). The van der Waals surface area contributed by atoms with E-state index in [0.717, 1.165) is 5.56 Å². The minimum absolute atomic E-state index is 0.332. The zero-order valence-electron chi connectivity index (χ0n) is 9.26. The van der Waals surface area contributed by atoms with E-state index in [1.54, 1.807) is 23.6 Å². The minimum atomic E-state index is -0.764. The maximum Gasteiger partial charge on any atom is 0.247 e. The summed E-state index contributed by atoms with van der Waals surface area (Å²) >= 11 is 7.38. The predicted molar refractivity (Wildman–Crippen MR) is 72.7 cm³/mol. The Kier molecular flexibility index (Phi) is 3.98. The van der Waals surface area contributed by atoms with Gasteiger partial charge in [-0.2, -0.15) is 5.26 Å². The number of halogens is 1. The SMILES string of the molecule is N#Cc1ccsc1NC(=O)C(Cl)c1ccccc1. The summed E-state index contributed by atoms with van der Waals surface area (Å²) in [6, 6.07) is 12.8. The number of hydrogen-bond donors (Lipinski definition) is 1. The Balaban J connectivity index is 2.12. The van der Waals surface area contributed by atoms with E-state index in [1.165, 1.54) is 11.3 Å². The Labute approximate surface area is 114 Å². The lowest BCUT2D eigenvalue weighted by molar-refractivity contribution is -0.115. The smallest absolute Gasteiger partial charge is 0.247 e. The van der Waals surface area contributed by atoms with Crippen molar-refractivity contribution in [2.75, 3.05) is 5.32 Å². The number of nitrogens with one attached hydrogen (secondary N) is 1. The van der Waals surface area contributed by atoms with Crippen LogP contribution in [0.15, 0.2) is 41.8 Å². The van der Waals surface area contributed by atoms with Crippen molar-refractivity contribution >= 4 is 33.8 Å². The number of rotatable bonds is 3. The molecule has 0 fully saturated rings. The minimum Gasteiger partial charge on any atom is -0.315 e. The number of carbonyl (C=O) groups is 1. The van der Waals surface area contributed by atoms with E-state index < -0.39 is 5.38 Å². The van der Waals surface area contributed by atoms with E-state index in [4.69, 9.17) is 16.9 Å². The van der Waals surface area contributed by atoms with E-state index in [1.807, 2.05) is 24.3 Å². The summed E-state index contributed by atoms with van der Waals surface area (Å²) in [6.07, 6.45) is 0. The molecule has 0 spiro atoms. The largest absolute Gasteiger partial charge is 0.315 e. The van der Waals surface area contributed by atoms with Gasteiger partial charge in [-0.25, -0.2) is 0 Å². The van der Waals surface area contributed by atoms with Crippen LogP contribution < -0.4 is 5.32 Å². The van der Waals surface area contributed by atoms with Crippen LogP contribution in [0.4, 0.5) is 5.00 Å². The van der Waals surface area contributed by atoms with Crippen LogP contribution in [0.3, 0.4) is 0 Å². The zero-order chi connectivity index (χ0) is 13.0. The summed E-state index contributed by atoms with van der Waals surface area (Å²) in [4.78, 5) is 11.9. The van der Waals surface area contributed by atoms with Gasteiger partial charge >= 0.3 is 0 Å². The van der Waals surface area contributed by atoms with Crippen LogP contribution >= 0.6 is 22.9 Å². The van der Waals surface area contributed by atoms with Gasteiger partial charge in [0.1, 0.15) is 16.4 Å². The molecule has 1 aromatic heterocycles. The summed E-state index contributed by atoms with van der Waals surface area (Å²) in [5.41, 5.74) is 1.18. The van der Waals surface area contributed by atoms with Crippen molar-refractivity contribution in [2.45, 2.75) is 5.38 Å². The fraction of sp³-hybridized carbons (Fsp3) is 0.0769. The number of nitriles is 1. The molecule has 1 heterocycles. The fourth-order valence-electron chi connectivity index (χ4n) is 1.44. The van der Waals surface area contributed by atoms with E-state index in [2.05, 4.69) is 5.32 Å². The lowest BCUT2D eigenvalue weighted by Gasteiger charge is -2.09. The molecular formula is C13H9ClN2OS. The molecule has 3 nitrogen and oxygen atoms in total. The van der Waals surface area contributed by atoms with Crippen LogP contribution in [-0.2, 0) is 4.79 Å². The zero-order valence-corrected chi connectivity index (χ0v) is 10.8. The molecule has 1 amide bonds. The second kappa shape index (κ2) is 5.67. The van der Waals surface area contributed by atoms with Gasteiger partial charge in [0.2, 0.25) is 5.91 Å². The molecular weight excluding hydrogens is 268 g/mol. The Morgan fingerprint density at radius 3 is 2.72 bits per heavy atom. The fourth-order valence-corrected chi connectivity index (χ4v) is 2.38. The van der Waals surface area contributed by atoms with Crippen LogP contribution in [0.5, 0.6) is 0 Å². The van der Waals surface area contributed by atoms with Crippen molar-refractivity contribution in [2.24, 2.45) is 0 Å². The number of anilines is 1. The Hall–Kier alpha value is -1.83. The average molecular weight is 277 g/mol. The normalized spacial score (nSPS) is 11.6. The van der Waals surface area contributed by atoms with Crippen LogP contribution in [0.2, 0.25) is 0 Å². The van der Waals surface area contributed by atoms with E-state index in [-0.39, 0.29) is 5.91 Å². The van der Waals surface area contributed by atoms with Crippen molar-refractivity contribution < 1.29 is 4.79 Å². The molecule has 2 aromatic rings. The molecule has 18 heavy (non-hydrogen) atoms. The third-order valence-electron chi connectivity index (χ3n) is 2.34. The maximum atomic E-state index is 11.9. The first-order chi connectivity index (χ1) is 8.72. The third kappa shape index (κ3) is 2.70. The van der Waals surface area contributed by atoms with Crippen LogP contribution in [0, 0.1) is 11.3 Å². The molecule has 0 saturated heterocycles. The molecule has 1 aromatic carbocycles. The van der Waals surface area contributed by atoms with Gasteiger partial charge in [-0.1, -0.05) is 30.3 Å². The van der Waals surface area contributed by atoms with Gasteiger partial charge in [0, 0.05) is 0 Å². The lowest BCUT2D eigenvalue weighted by Crippen LogP contribution is -2.17.